The quantitative estimate of drug-likeness (QED) is 0.701. The van der Waals surface area contributed by atoms with E-state index >= 15 is 0 Å². The van der Waals surface area contributed by atoms with Crippen molar-refractivity contribution in [3.05, 3.63) is 29.0 Å². The Morgan fingerprint density at radius 2 is 2.22 bits per heavy atom. The second kappa shape index (κ2) is 6.77. The molecule has 0 N–H and O–H groups in total. The average Bonchev–Trinajstić information content (AvgIpc) is 2.36. The molecule has 0 saturated heterocycles. The van der Waals surface area contributed by atoms with Crippen LogP contribution in [0.2, 0.25) is 5.02 Å². The maximum Gasteiger partial charge on any atom is 0.0621 e. The van der Waals surface area contributed by atoms with Crippen molar-refractivity contribution in [1.29, 1.82) is 0 Å². The molecular weight excluding hydrogens is 265 g/mol. The fraction of sp³-hybridized carbons (Fsp3) is 0.667. The summed E-state index contributed by atoms with van der Waals surface area (Å²) < 4.78 is 0. The fourth-order valence-corrected chi connectivity index (χ4v) is 3.57. The van der Waals surface area contributed by atoms with E-state index in [1.807, 2.05) is 12.3 Å². The molecule has 1 aliphatic carbocycles. The molecule has 3 atom stereocenters. The number of nitrogens with zero attached hydrogens (tertiary/aromatic N) is 1. The van der Waals surface area contributed by atoms with Crippen LogP contribution in [0.25, 0.3) is 0 Å². The van der Waals surface area contributed by atoms with Crippen LogP contribution in [0.1, 0.15) is 44.6 Å². The van der Waals surface area contributed by atoms with Crippen molar-refractivity contribution in [2.45, 2.75) is 50.8 Å². The minimum Gasteiger partial charge on any atom is -0.263 e. The number of pyridine rings is 1. The van der Waals surface area contributed by atoms with Crippen molar-refractivity contribution in [1.82, 2.24) is 4.98 Å². The largest absolute Gasteiger partial charge is 0.263 e. The van der Waals surface area contributed by atoms with Crippen LogP contribution < -0.4 is 0 Å². The van der Waals surface area contributed by atoms with Gasteiger partial charge in [-0.15, -0.1) is 11.6 Å². The Bertz CT molecular complexity index is 381. The molecule has 0 aliphatic heterocycles. The number of hydrogen-bond donors (Lipinski definition) is 0. The molecule has 0 spiro atoms. The molecule has 1 fully saturated rings. The molecule has 0 radical (unpaired) electrons. The van der Waals surface area contributed by atoms with E-state index in [4.69, 9.17) is 23.2 Å². The number of rotatable bonds is 4. The van der Waals surface area contributed by atoms with Gasteiger partial charge in [-0.3, -0.25) is 4.98 Å². The Kier molecular flexibility index (Phi) is 5.32. The van der Waals surface area contributed by atoms with Gasteiger partial charge in [0.2, 0.25) is 0 Å². The monoisotopic (exact) mass is 285 g/mol. The van der Waals surface area contributed by atoms with Crippen LogP contribution in [0.5, 0.6) is 0 Å². The Morgan fingerprint density at radius 3 is 2.94 bits per heavy atom. The lowest BCUT2D eigenvalue weighted by molar-refractivity contribution is 0.257. The van der Waals surface area contributed by atoms with Crippen LogP contribution >= 0.6 is 23.2 Å². The highest BCUT2D eigenvalue weighted by atomic mass is 35.5. The molecule has 0 bridgehead atoms. The molecule has 3 heteroatoms. The Labute approximate surface area is 120 Å². The van der Waals surface area contributed by atoms with E-state index in [0.29, 0.717) is 11.3 Å². The third kappa shape index (κ3) is 3.61. The first-order valence-electron chi connectivity index (χ1n) is 6.93. The fourth-order valence-electron chi connectivity index (χ4n) is 3.06. The van der Waals surface area contributed by atoms with E-state index in [1.165, 1.54) is 31.2 Å². The van der Waals surface area contributed by atoms with Gasteiger partial charge in [-0.1, -0.05) is 31.4 Å². The lowest BCUT2D eigenvalue weighted by Crippen LogP contribution is -2.27. The predicted molar refractivity (Wildman–Crippen MR) is 78.3 cm³/mol. The molecule has 3 unspecified atom stereocenters. The topological polar surface area (TPSA) is 12.9 Å². The number of alkyl halides is 1. The minimum absolute atomic E-state index is 0.308. The Hall–Kier alpha value is -0.270. The molecule has 18 heavy (non-hydrogen) atoms. The normalized spacial score (nSPS) is 28.3. The van der Waals surface area contributed by atoms with E-state index < -0.39 is 0 Å². The molecule has 1 saturated carbocycles. The van der Waals surface area contributed by atoms with Crippen LogP contribution in [-0.4, -0.2) is 10.4 Å². The number of halogens is 2. The van der Waals surface area contributed by atoms with Gasteiger partial charge in [0.25, 0.3) is 0 Å². The van der Waals surface area contributed by atoms with Gasteiger partial charge in [0.05, 0.1) is 5.02 Å². The number of hydrogen-bond acceptors (Lipinski definition) is 1. The average molecular weight is 286 g/mol. The van der Waals surface area contributed by atoms with Crippen LogP contribution in [0.3, 0.4) is 0 Å². The first-order valence-corrected chi connectivity index (χ1v) is 7.74. The van der Waals surface area contributed by atoms with E-state index in [9.17, 15) is 0 Å². The van der Waals surface area contributed by atoms with Gasteiger partial charge in [-0.2, -0.15) is 0 Å². The Balaban J connectivity index is 2.00. The first-order chi connectivity index (χ1) is 8.70. The van der Waals surface area contributed by atoms with Gasteiger partial charge in [0, 0.05) is 17.8 Å². The van der Waals surface area contributed by atoms with Crippen molar-refractivity contribution in [3.63, 3.8) is 0 Å². The maximum atomic E-state index is 6.49. The highest BCUT2D eigenvalue weighted by Gasteiger charge is 2.29. The smallest absolute Gasteiger partial charge is 0.0621 e. The van der Waals surface area contributed by atoms with Gasteiger partial charge in [0.1, 0.15) is 0 Å². The van der Waals surface area contributed by atoms with E-state index in [2.05, 4.69) is 11.9 Å². The third-order valence-corrected chi connectivity index (χ3v) is 4.95. The first kappa shape index (κ1) is 14.1. The maximum absolute atomic E-state index is 6.49. The Morgan fingerprint density at radius 1 is 1.39 bits per heavy atom. The SMILES string of the molecule is CCCC1CCC(Cl)C(Cc2ccncc2Cl)C1. The zero-order valence-corrected chi connectivity index (χ0v) is 12.4. The van der Waals surface area contributed by atoms with E-state index in [1.54, 1.807) is 6.20 Å². The molecule has 1 aromatic heterocycles. The van der Waals surface area contributed by atoms with Crippen molar-refractivity contribution < 1.29 is 0 Å². The summed E-state index contributed by atoms with van der Waals surface area (Å²) in [6.07, 6.45) is 10.9. The standard InChI is InChI=1S/C15H21Cl2N/c1-2-3-11-4-5-14(16)13(8-11)9-12-6-7-18-10-15(12)17/h6-7,10-11,13-14H,2-5,8-9H2,1H3. The molecule has 2 rings (SSSR count). The van der Waals surface area contributed by atoms with Gasteiger partial charge < -0.3 is 0 Å². The highest BCUT2D eigenvalue weighted by molar-refractivity contribution is 6.31. The molecule has 1 heterocycles. The summed E-state index contributed by atoms with van der Waals surface area (Å²) in [5.74, 6) is 1.42. The van der Waals surface area contributed by atoms with Crippen molar-refractivity contribution in [2.24, 2.45) is 11.8 Å². The second-order valence-electron chi connectivity index (χ2n) is 5.42. The lowest BCUT2D eigenvalue weighted by atomic mass is 9.77. The summed E-state index contributed by atoms with van der Waals surface area (Å²) in [6.45, 7) is 2.27. The van der Waals surface area contributed by atoms with Crippen LogP contribution in [0.15, 0.2) is 18.5 Å². The molecule has 100 valence electrons. The minimum atomic E-state index is 0.308. The van der Waals surface area contributed by atoms with Crippen LogP contribution in [0.4, 0.5) is 0 Å². The summed E-state index contributed by atoms with van der Waals surface area (Å²) in [6, 6.07) is 2.02. The van der Waals surface area contributed by atoms with Gasteiger partial charge in [-0.05, 0) is 49.1 Å². The van der Waals surface area contributed by atoms with E-state index in [0.717, 1.165) is 23.8 Å². The highest BCUT2D eigenvalue weighted by Crippen LogP contribution is 2.37. The molecule has 0 amide bonds. The van der Waals surface area contributed by atoms with Crippen LogP contribution in [-0.2, 0) is 6.42 Å². The summed E-state index contributed by atoms with van der Waals surface area (Å²) >= 11 is 12.7. The van der Waals surface area contributed by atoms with Crippen molar-refractivity contribution in [2.75, 3.05) is 0 Å². The zero-order valence-electron chi connectivity index (χ0n) is 10.9. The second-order valence-corrected chi connectivity index (χ2v) is 6.38. The van der Waals surface area contributed by atoms with E-state index in [-0.39, 0.29) is 0 Å². The number of aromatic nitrogens is 1. The molecule has 1 aliphatic rings. The lowest BCUT2D eigenvalue weighted by Gasteiger charge is -2.33. The molecule has 1 nitrogen and oxygen atoms in total. The third-order valence-electron chi connectivity index (χ3n) is 4.03. The van der Waals surface area contributed by atoms with Gasteiger partial charge in [-0.25, -0.2) is 0 Å². The van der Waals surface area contributed by atoms with Crippen molar-refractivity contribution in [3.8, 4) is 0 Å². The summed E-state index contributed by atoms with van der Waals surface area (Å²) in [4.78, 5) is 4.04. The van der Waals surface area contributed by atoms with Gasteiger partial charge in [0.15, 0.2) is 0 Å². The summed E-state index contributed by atoms with van der Waals surface area (Å²) in [5, 5.41) is 1.08. The van der Waals surface area contributed by atoms with Crippen LogP contribution in [0, 0.1) is 11.8 Å². The zero-order chi connectivity index (χ0) is 13.0. The summed E-state index contributed by atoms with van der Waals surface area (Å²) in [5.41, 5.74) is 1.19. The molecule has 0 aromatic carbocycles. The molecule has 1 aromatic rings. The predicted octanol–water partition coefficient (Wildman–Crippen LogP) is 5.10. The van der Waals surface area contributed by atoms with Gasteiger partial charge >= 0.3 is 0 Å². The molecular formula is C15H21Cl2N. The van der Waals surface area contributed by atoms with Crippen molar-refractivity contribution >= 4 is 23.2 Å². The summed E-state index contributed by atoms with van der Waals surface area (Å²) in [7, 11) is 0.